The molecule has 0 spiro atoms. The summed E-state index contributed by atoms with van der Waals surface area (Å²) in [6.45, 7) is 1.88. The van der Waals surface area contributed by atoms with Crippen LogP contribution < -0.4 is 11.3 Å². The summed E-state index contributed by atoms with van der Waals surface area (Å²) in [7, 11) is 0. The molecule has 1 aromatic carbocycles. The highest BCUT2D eigenvalue weighted by Gasteiger charge is 2.02. The zero-order chi connectivity index (χ0) is 8.43. The van der Waals surface area contributed by atoms with Gasteiger partial charge in [-0.1, -0.05) is 23.2 Å². The lowest BCUT2D eigenvalue weighted by atomic mass is 10.2. The average molecular weight is 191 g/mol. The largest absolute Gasteiger partial charge is 0.322 e. The second-order valence-corrected chi connectivity index (χ2v) is 3.07. The number of nitrogen functional groups attached to an aromatic ring is 1. The Hall–Kier alpha value is -0.440. The molecular weight excluding hydrogens is 183 g/mol. The fourth-order valence-corrected chi connectivity index (χ4v) is 1.53. The van der Waals surface area contributed by atoms with E-state index >= 15 is 0 Å². The first-order chi connectivity index (χ1) is 5.15. The van der Waals surface area contributed by atoms with Crippen molar-refractivity contribution in [2.75, 3.05) is 5.43 Å². The van der Waals surface area contributed by atoms with E-state index in [-0.39, 0.29) is 0 Å². The molecule has 0 bridgehead atoms. The SMILES string of the molecule is Cc1cc(Cl)cc(Cl)c1NN. The van der Waals surface area contributed by atoms with Crippen molar-refractivity contribution in [2.45, 2.75) is 6.92 Å². The number of nitrogens with two attached hydrogens (primary N) is 1. The zero-order valence-electron chi connectivity index (χ0n) is 5.99. The van der Waals surface area contributed by atoms with Crippen molar-refractivity contribution in [1.82, 2.24) is 0 Å². The minimum atomic E-state index is 0.539. The second-order valence-electron chi connectivity index (χ2n) is 2.22. The monoisotopic (exact) mass is 190 g/mol. The lowest BCUT2D eigenvalue weighted by molar-refractivity contribution is 1.31. The molecule has 1 aromatic rings. The van der Waals surface area contributed by atoms with Crippen LogP contribution in [0.25, 0.3) is 0 Å². The summed E-state index contributed by atoms with van der Waals surface area (Å²) in [5.41, 5.74) is 4.15. The summed E-state index contributed by atoms with van der Waals surface area (Å²) in [5, 5.41) is 1.16. The van der Waals surface area contributed by atoms with Crippen LogP contribution in [0.15, 0.2) is 12.1 Å². The van der Waals surface area contributed by atoms with Crippen molar-refractivity contribution in [2.24, 2.45) is 5.84 Å². The maximum Gasteiger partial charge on any atom is 0.0702 e. The molecule has 60 valence electrons. The van der Waals surface area contributed by atoms with Gasteiger partial charge in [0.05, 0.1) is 10.7 Å². The van der Waals surface area contributed by atoms with Crippen LogP contribution in [-0.2, 0) is 0 Å². The van der Waals surface area contributed by atoms with Crippen molar-refractivity contribution < 1.29 is 0 Å². The fraction of sp³-hybridized carbons (Fsp3) is 0.143. The minimum Gasteiger partial charge on any atom is -0.322 e. The normalized spacial score (nSPS) is 9.82. The molecule has 0 heterocycles. The third kappa shape index (κ3) is 1.77. The molecule has 0 aliphatic carbocycles. The van der Waals surface area contributed by atoms with Gasteiger partial charge in [-0.3, -0.25) is 5.84 Å². The fourth-order valence-electron chi connectivity index (χ4n) is 0.885. The van der Waals surface area contributed by atoms with E-state index in [1.807, 2.05) is 6.92 Å². The molecule has 2 nitrogen and oxygen atoms in total. The average Bonchev–Trinajstić information content (AvgIpc) is 1.85. The first-order valence-corrected chi connectivity index (χ1v) is 3.83. The first kappa shape index (κ1) is 8.65. The van der Waals surface area contributed by atoms with Crippen molar-refractivity contribution in [3.05, 3.63) is 27.7 Å². The first-order valence-electron chi connectivity index (χ1n) is 3.07. The topological polar surface area (TPSA) is 38.0 Å². The summed E-state index contributed by atoms with van der Waals surface area (Å²) < 4.78 is 0. The highest BCUT2D eigenvalue weighted by atomic mass is 35.5. The molecule has 0 fully saturated rings. The highest BCUT2D eigenvalue weighted by Crippen LogP contribution is 2.28. The number of halogens is 2. The summed E-state index contributed by atoms with van der Waals surface area (Å²) in [6, 6.07) is 3.44. The van der Waals surface area contributed by atoms with Gasteiger partial charge in [0.2, 0.25) is 0 Å². The third-order valence-electron chi connectivity index (χ3n) is 1.40. The predicted molar refractivity (Wildman–Crippen MR) is 49.0 cm³/mol. The molecule has 0 amide bonds. The van der Waals surface area contributed by atoms with E-state index in [9.17, 15) is 0 Å². The Morgan fingerprint density at radius 3 is 2.45 bits per heavy atom. The van der Waals surface area contributed by atoms with Crippen LogP contribution in [0.1, 0.15) is 5.56 Å². The minimum absolute atomic E-state index is 0.539. The number of hydrazine groups is 1. The molecule has 1 rings (SSSR count). The molecule has 11 heavy (non-hydrogen) atoms. The standard InChI is InChI=1S/C7H8Cl2N2/c1-4-2-5(8)3-6(9)7(4)11-10/h2-3,11H,10H2,1H3. The molecular formula is C7H8Cl2N2. The van der Waals surface area contributed by atoms with E-state index in [4.69, 9.17) is 29.0 Å². The van der Waals surface area contributed by atoms with Gasteiger partial charge in [-0.25, -0.2) is 0 Å². The molecule has 3 N–H and O–H groups in total. The molecule has 0 saturated carbocycles. The van der Waals surface area contributed by atoms with Gasteiger partial charge in [-0.15, -0.1) is 0 Å². The van der Waals surface area contributed by atoms with Crippen LogP contribution in [0.4, 0.5) is 5.69 Å². The Kier molecular flexibility index (Phi) is 2.60. The Balaban J connectivity index is 3.25. The molecule has 0 unspecified atom stereocenters. The van der Waals surface area contributed by atoms with Crippen LogP contribution in [-0.4, -0.2) is 0 Å². The molecule has 0 aliphatic heterocycles. The van der Waals surface area contributed by atoms with Crippen molar-refractivity contribution in [3.63, 3.8) is 0 Å². The van der Waals surface area contributed by atoms with Crippen molar-refractivity contribution >= 4 is 28.9 Å². The zero-order valence-corrected chi connectivity index (χ0v) is 7.50. The lowest BCUT2D eigenvalue weighted by Crippen LogP contribution is -2.08. The van der Waals surface area contributed by atoms with E-state index in [0.29, 0.717) is 10.0 Å². The van der Waals surface area contributed by atoms with E-state index in [2.05, 4.69) is 5.43 Å². The Morgan fingerprint density at radius 1 is 1.36 bits per heavy atom. The number of aryl methyl sites for hydroxylation is 1. The number of hydrogen-bond acceptors (Lipinski definition) is 2. The van der Waals surface area contributed by atoms with E-state index < -0.39 is 0 Å². The van der Waals surface area contributed by atoms with Gasteiger partial charge in [-0.05, 0) is 24.6 Å². The predicted octanol–water partition coefficient (Wildman–Crippen LogP) is 2.59. The summed E-state index contributed by atoms with van der Waals surface area (Å²) >= 11 is 11.5. The molecule has 0 radical (unpaired) electrons. The number of anilines is 1. The smallest absolute Gasteiger partial charge is 0.0702 e. The molecule has 0 saturated heterocycles. The van der Waals surface area contributed by atoms with Gasteiger partial charge in [0.1, 0.15) is 0 Å². The summed E-state index contributed by atoms with van der Waals surface area (Å²) in [4.78, 5) is 0. The van der Waals surface area contributed by atoms with Crippen LogP contribution in [0, 0.1) is 6.92 Å². The Bertz CT molecular complexity index is 250. The number of rotatable bonds is 1. The van der Waals surface area contributed by atoms with Crippen LogP contribution in [0.2, 0.25) is 10.0 Å². The number of nitrogens with one attached hydrogen (secondary N) is 1. The van der Waals surface area contributed by atoms with Crippen molar-refractivity contribution in [3.8, 4) is 0 Å². The molecule has 0 aromatic heterocycles. The lowest BCUT2D eigenvalue weighted by Gasteiger charge is -2.06. The molecule has 0 aliphatic rings. The van der Waals surface area contributed by atoms with E-state index in [1.54, 1.807) is 12.1 Å². The van der Waals surface area contributed by atoms with Gasteiger partial charge in [0.15, 0.2) is 0 Å². The van der Waals surface area contributed by atoms with E-state index in [0.717, 1.165) is 11.3 Å². The summed E-state index contributed by atoms with van der Waals surface area (Å²) in [6.07, 6.45) is 0. The number of benzene rings is 1. The number of hydrogen-bond donors (Lipinski definition) is 2. The van der Waals surface area contributed by atoms with Crippen LogP contribution >= 0.6 is 23.2 Å². The van der Waals surface area contributed by atoms with E-state index in [1.165, 1.54) is 0 Å². The quantitative estimate of drug-likeness (QED) is 0.528. The molecule has 0 atom stereocenters. The Labute approximate surface area is 75.3 Å². The van der Waals surface area contributed by atoms with Crippen molar-refractivity contribution in [1.29, 1.82) is 0 Å². The highest BCUT2D eigenvalue weighted by molar-refractivity contribution is 6.36. The van der Waals surface area contributed by atoms with Gasteiger partial charge >= 0.3 is 0 Å². The summed E-state index contributed by atoms with van der Waals surface area (Å²) in [5.74, 6) is 5.22. The Morgan fingerprint density at radius 2 is 2.00 bits per heavy atom. The maximum absolute atomic E-state index is 5.81. The van der Waals surface area contributed by atoms with Crippen LogP contribution in [0.3, 0.4) is 0 Å². The second kappa shape index (κ2) is 3.30. The maximum atomic E-state index is 5.81. The van der Waals surface area contributed by atoms with Gasteiger partial charge in [0.25, 0.3) is 0 Å². The van der Waals surface area contributed by atoms with Crippen LogP contribution in [0.5, 0.6) is 0 Å². The van der Waals surface area contributed by atoms with Gasteiger partial charge < -0.3 is 5.43 Å². The third-order valence-corrected chi connectivity index (χ3v) is 1.91. The van der Waals surface area contributed by atoms with Gasteiger partial charge in [-0.2, -0.15) is 0 Å². The van der Waals surface area contributed by atoms with Gasteiger partial charge in [0, 0.05) is 5.02 Å². The molecule has 4 heteroatoms.